The van der Waals surface area contributed by atoms with Crippen LogP contribution in [0.3, 0.4) is 0 Å². The third-order valence-corrected chi connectivity index (χ3v) is 3.12. The molecule has 2 rings (SSSR count). The standard InChI is InChI=1S/C14H12BrFN2O5/c1-8-4-12(18-23-8)17-13(19)6-22-14(20)7-21-11-3-2-9(16)5-10(11)15/h2-5H,6-7H2,1H3,(H,17,18,19). The number of anilines is 1. The van der Waals surface area contributed by atoms with Gasteiger partial charge in [0.2, 0.25) is 0 Å². The molecular formula is C14H12BrFN2O5. The molecule has 0 saturated carbocycles. The molecular weight excluding hydrogens is 375 g/mol. The Kier molecular flexibility index (Phi) is 5.69. The van der Waals surface area contributed by atoms with Crippen LogP contribution in [-0.4, -0.2) is 30.2 Å². The number of hydrogen-bond acceptors (Lipinski definition) is 6. The van der Waals surface area contributed by atoms with E-state index in [1.165, 1.54) is 24.3 Å². The predicted octanol–water partition coefficient (Wildman–Crippen LogP) is 2.45. The molecule has 1 aromatic heterocycles. The molecule has 1 N–H and O–H groups in total. The zero-order chi connectivity index (χ0) is 16.8. The van der Waals surface area contributed by atoms with E-state index >= 15 is 0 Å². The number of benzene rings is 1. The molecule has 9 heteroatoms. The van der Waals surface area contributed by atoms with Gasteiger partial charge in [-0.2, -0.15) is 0 Å². The van der Waals surface area contributed by atoms with Crippen molar-refractivity contribution in [3.8, 4) is 5.75 Å². The van der Waals surface area contributed by atoms with Crippen LogP contribution in [0, 0.1) is 12.7 Å². The molecule has 1 heterocycles. The number of amides is 1. The maximum Gasteiger partial charge on any atom is 0.344 e. The van der Waals surface area contributed by atoms with Gasteiger partial charge in [0.25, 0.3) is 5.91 Å². The van der Waals surface area contributed by atoms with Crippen LogP contribution >= 0.6 is 15.9 Å². The fourth-order valence-corrected chi connectivity index (χ4v) is 1.99. The lowest BCUT2D eigenvalue weighted by Gasteiger charge is -2.08. The molecule has 0 radical (unpaired) electrons. The van der Waals surface area contributed by atoms with E-state index in [1.54, 1.807) is 6.92 Å². The Labute approximate surface area is 138 Å². The number of halogens is 2. The van der Waals surface area contributed by atoms with Crippen molar-refractivity contribution >= 4 is 33.6 Å². The molecule has 0 aliphatic carbocycles. The fourth-order valence-electron chi connectivity index (χ4n) is 1.52. The Hall–Kier alpha value is -2.42. The second-order valence-electron chi connectivity index (χ2n) is 4.40. The molecule has 0 saturated heterocycles. The quantitative estimate of drug-likeness (QED) is 0.766. The lowest BCUT2D eigenvalue weighted by Crippen LogP contribution is -2.23. The third kappa shape index (κ3) is 5.37. The summed E-state index contributed by atoms with van der Waals surface area (Å²) in [6.45, 7) is 0.771. The van der Waals surface area contributed by atoms with E-state index < -0.39 is 30.9 Å². The SMILES string of the molecule is Cc1cc(NC(=O)COC(=O)COc2ccc(F)cc2Br)no1. The number of nitrogens with one attached hydrogen (secondary N) is 1. The highest BCUT2D eigenvalue weighted by atomic mass is 79.9. The minimum absolute atomic E-state index is 0.232. The van der Waals surface area contributed by atoms with E-state index in [9.17, 15) is 14.0 Å². The highest BCUT2D eigenvalue weighted by molar-refractivity contribution is 9.10. The maximum atomic E-state index is 12.9. The van der Waals surface area contributed by atoms with Crippen molar-refractivity contribution in [1.82, 2.24) is 5.16 Å². The van der Waals surface area contributed by atoms with Crippen molar-refractivity contribution in [2.24, 2.45) is 0 Å². The van der Waals surface area contributed by atoms with Crippen LogP contribution in [0.5, 0.6) is 5.75 Å². The minimum atomic E-state index is -0.743. The zero-order valence-electron chi connectivity index (χ0n) is 12.0. The maximum absolute atomic E-state index is 12.9. The zero-order valence-corrected chi connectivity index (χ0v) is 13.6. The van der Waals surface area contributed by atoms with Crippen molar-refractivity contribution < 1.29 is 28.0 Å². The summed E-state index contributed by atoms with van der Waals surface area (Å²) < 4.78 is 27.9. The number of esters is 1. The first-order valence-corrected chi connectivity index (χ1v) is 7.20. The second kappa shape index (κ2) is 7.73. The fraction of sp³-hybridized carbons (Fsp3) is 0.214. The molecule has 0 atom stereocenters. The van der Waals surface area contributed by atoms with E-state index in [0.717, 1.165) is 0 Å². The van der Waals surface area contributed by atoms with Gasteiger partial charge in [0, 0.05) is 6.07 Å². The predicted molar refractivity (Wildman–Crippen MR) is 80.4 cm³/mol. The van der Waals surface area contributed by atoms with Gasteiger partial charge in [-0.25, -0.2) is 9.18 Å². The number of rotatable bonds is 6. The van der Waals surface area contributed by atoms with E-state index in [1.807, 2.05) is 0 Å². The Bertz CT molecular complexity index is 719. The molecule has 2 aromatic rings. The summed E-state index contributed by atoms with van der Waals surface area (Å²) in [5, 5.41) is 5.96. The molecule has 23 heavy (non-hydrogen) atoms. The van der Waals surface area contributed by atoms with Gasteiger partial charge in [-0.05, 0) is 41.1 Å². The molecule has 0 fully saturated rings. The Morgan fingerprint density at radius 2 is 2.13 bits per heavy atom. The smallest absolute Gasteiger partial charge is 0.344 e. The Morgan fingerprint density at radius 3 is 2.78 bits per heavy atom. The summed E-state index contributed by atoms with van der Waals surface area (Å²) in [5.74, 6) is -0.689. The number of ether oxygens (including phenoxy) is 2. The molecule has 1 amide bonds. The summed E-state index contributed by atoms with van der Waals surface area (Å²) in [4.78, 5) is 23.0. The van der Waals surface area contributed by atoms with Crippen LogP contribution in [0.4, 0.5) is 10.2 Å². The second-order valence-corrected chi connectivity index (χ2v) is 5.25. The van der Waals surface area contributed by atoms with Crippen LogP contribution in [0.15, 0.2) is 33.3 Å². The number of carbonyl (C=O) groups excluding carboxylic acids is 2. The normalized spacial score (nSPS) is 10.2. The van der Waals surface area contributed by atoms with Crippen LogP contribution in [0.2, 0.25) is 0 Å². The Morgan fingerprint density at radius 1 is 1.35 bits per heavy atom. The minimum Gasteiger partial charge on any atom is -0.481 e. The molecule has 1 aromatic carbocycles. The van der Waals surface area contributed by atoms with Gasteiger partial charge in [-0.1, -0.05) is 5.16 Å². The van der Waals surface area contributed by atoms with Gasteiger partial charge in [-0.3, -0.25) is 4.79 Å². The van der Waals surface area contributed by atoms with Crippen molar-refractivity contribution in [3.63, 3.8) is 0 Å². The highest BCUT2D eigenvalue weighted by Gasteiger charge is 2.11. The molecule has 7 nitrogen and oxygen atoms in total. The molecule has 0 unspecified atom stereocenters. The average Bonchev–Trinajstić information content (AvgIpc) is 2.89. The van der Waals surface area contributed by atoms with E-state index in [-0.39, 0.29) is 11.6 Å². The third-order valence-electron chi connectivity index (χ3n) is 2.50. The molecule has 0 aliphatic rings. The summed E-state index contributed by atoms with van der Waals surface area (Å²) in [7, 11) is 0. The van der Waals surface area contributed by atoms with Gasteiger partial charge in [0.15, 0.2) is 19.0 Å². The lowest BCUT2D eigenvalue weighted by atomic mass is 10.3. The first kappa shape index (κ1) is 16.9. The van der Waals surface area contributed by atoms with Gasteiger partial charge >= 0.3 is 5.97 Å². The van der Waals surface area contributed by atoms with Crippen LogP contribution in [0.1, 0.15) is 5.76 Å². The van der Waals surface area contributed by atoms with Gasteiger partial charge in [0.05, 0.1) is 4.47 Å². The number of carbonyl (C=O) groups is 2. The molecule has 0 bridgehead atoms. The topological polar surface area (TPSA) is 90.7 Å². The number of aryl methyl sites for hydroxylation is 1. The van der Waals surface area contributed by atoms with Crippen LogP contribution < -0.4 is 10.1 Å². The van der Waals surface area contributed by atoms with Crippen LogP contribution in [0.25, 0.3) is 0 Å². The highest BCUT2D eigenvalue weighted by Crippen LogP contribution is 2.25. The first-order chi connectivity index (χ1) is 10.9. The summed E-state index contributed by atoms with van der Waals surface area (Å²) in [5.41, 5.74) is 0. The van der Waals surface area contributed by atoms with E-state index in [4.69, 9.17) is 14.0 Å². The van der Waals surface area contributed by atoms with Crippen LogP contribution in [-0.2, 0) is 14.3 Å². The van der Waals surface area contributed by atoms with Gasteiger partial charge in [0.1, 0.15) is 17.3 Å². The number of hydrogen-bond donors (Lipinski definition) is 1. The van der Waals surface area contributed by atoms with E-state index in [0.29, 0.717) is 10.2 Å². The molecule has 122 valence electrons. The largest absolute Gasteiger partial charge is 0.481 e. The summed E-state index contributed by atoms with van der Waals surface area (Å²) in [6.07, 6.45) is 0. The first-order valence-electron chi connectivity index (χ1n) is 6.40. The van der Waals surface area contributed by atoms with E-state index in [2.05, 4.69) is 26.4 Å². The van der Waals surface area contributed by atoms with Crippen molar-refractivity contribution in [2.45, 2.75) is 6.92 Å². The Balaban J connectivity index is 1.73. The number of aromatic nitrogens is 1. The monoisotopic (exact) mass is 386 g/mol. The summed E-state index contributed by atoms with van der Waals surface area (Å²) >= 11 is 3.10. The lowest BCUT2D eigenvalue weighted by molar-refractivity contribution is -0.149. The molecule has 0 spiro atoms. The van der Waals surface area contributed by atoms with Crippen molar-refractivity contribution in [1.29, 1.82) is 0 Å². The summed E-state index contributed by atoms with van der Waals surface area (Å²) in [6, 6.07) is 5.29. The van der Waals surface area contributed by atoms with Crippen molar-refractivity contribution in [3.05, 3.63) is 40.3 Å². The van der Waals surface area contributed by atoms with Gasteiger partial charge < -0.3 is 19.3 Å². The average molecular weight is 387 g/mol. The van der Waals surface area contributed by atoms with Gasteiger partial charge in [-0.15, -0.1) is 0 Å². The van der Waals surface area contributed by atoms with Crippen molar-refractivity contribution in [2.75, 3.05) is 18.5 Å². The number of nitrogens with zero attached hydrogens (tertiary/aromatic N) is 1. The molecule has 0 aliphatic heterocycles.